The van der Waals surface area contributed by atoms with Gasteiger partial charge in [0.2, 0.25) is 0 Å². The zero-order valence-corrected chi connectivity index (χ0v) is 42.1. The van der Waals surface area contributed by atoms with Crippen LogP contribution in [0.25, 0.3) is 0 Å². The van der Waals surface area contributed by atoms with Crippen LogP contribution < -0.4 is 0 Å². The SMILES string of the molecule is C[C@@H]1CC[C@@]2(OC1)O[C@H]1CC3[C@@H]4CC=C5C[C@@H](O[C@@H]6O[C@H](CO)[C@@H](O[C@@H]7O[C@@H](C)[C@H](O[C@@H]8O[C@@H](C)[C@H](O)[C@@H](O)[C@@H]8O)[C@@H](O)[C@H]7O)[C@H](O)[C@H]6O[C@@H]6O[C@@H](C)C(O)[C@@H](O)[C@H]6O)CC[C@]5(C)[C@H]4CC[C@]3(C)[C@H]1[C@@H]2C. The van der Waals surface area contributed by atoms with E-state index in [1.807, 2.05) is 0 Å². The van der Waals surface area contributed by atoms with E-state index < -0.39 is 141 Å². The van der Waals surface area contributed by atoms with Gasteiger partial charge >= 0.3 is 0 Å². The Bertz CT molecular complexity index is 1890. The van der Waals surface area contributed by atoms with E-state index in [1.54, 1.807) is 0 Å². The molecule has 406 valence electrons. The molecule has 31 atom stereocenters. The fourth-order valence-corrected chi connectivity index (χ4v) is 15.4. The molecule has 6 heterocycles. The Morgan fingerprint density at radius 2 is 1.20 bits per heavy atom. The minimum Gasteiger partial charge on any atom is -0.394 e. The van der Waals surface area contributed by atoms with E-state index in [0.29, 0.717) is 48.3 Å². The summed E-state index contributed by atoms with van der Waals surface area (Å²) in [7, 11) is 0. The highest BCUT2D eigenvalue weighted by Gasteiger charge is 2.69. The summed E-state index contributed by atoms with van der Waals surface area (Å²) >= 11 is 0. The van der Waals surface area contributed by atoms with Gasteiger partial charge in [0.1, 0.15) is 79.4 Å². The average Bonchev–Trinajstić information content (AvgIpc) is 3.79. The molecule has 20 nitrogen and oxygen atoms in total. The first-order chi connectivity index (χ1) is 33.6. The Kier molecular flexibility index (Phi) is 15.1. The van der Waals surface area contributed by atoms with E-state index in [0.717, 1.165) is 51.6 Å². The molecule has 0 amide bonds. The number of hydrogen-bond acceptors (Lipinski definition) is 20. The third-order valence-electron chi connectivity index (χ3n) is 19.7. The van der Waals surface area contributed by atoms with Crippen molar-refractivity contribution in [2.24, 2.45) is 46.3 Å². The second-order valence-corrected chi connectivity index (χ2v) is 23.8. The number of rotatable bonds is 9. The molecule has 10 rings (SSSR count). The molecule has 6 saturated heterocycles. The second-order valence-electron chi connectivity index (χ2n) is 23.8. The first kappa shape index (κ1) is 53.3. The predicted octanol–water partition coefficient (Wildman–Crippen LogP) is 0.0935. The lowest BCUT2D eigenvalue weighted by atomic mass is 9.47. The maximum Gasteiger partial charge on any atom is 0.187 e. The van der Waals surface area contributed by atoms with Crippen LogP contribution in [0, 0.1) is 46.3 Å². The number of fused-ring (bicyclic) bond motifs is 7. The molecular weight excluding hydrogens is 933 g/mol. The molecule has 10 aliphatic rings. The van der Waals surface area contributed by atoms with Gasteiger partial charge in [0.05, 0.1) is 43.7 Å². The number of allylic oxidation sites excluding steroid dienone is 1. The van der Waals surface area contributed by atoms with Gasteiger partial charge in [-0.1, -0.05) is 39.3 Å². The summed E-state index contributed by atoms with van der Waals surface area (Å²) in [6.07, 6.45) is -19.0. The predicted molar refractivity (Wildman–Crippen MR) is 244 cm³/mol. The van der Waals surface area contributed by atoms with Gasteiger partial charge in [-0.2, -0.15) is 0 Å². The van der Waals surface area contributed by atoms with Crippen LogP contribution in [0.3, 0.4) is 0 Å². The first-order valence-corrected chi connectivity index (χ1v) is 26.6. The molecule has 0 aromatic carbocycles. The first-order valence-electron chi connectivity index (χ1n) is 26.6. The Morgan fingerprint density at radius 3 is 1.82 bits per heavy atom. The van der Waals surface area contributed by atoms with E-state index >= 15 is 0 Å². The molecule has 3 saturated carbocycles. The Hall–Kier alpha value is -1.06. The lowest BCUT2D eigenvalue weighted by Gasteiger charge is -2.59. The van der Waals surface area contributed by atoms with Crippen molar-refractivity contribution in [3.63, 3.8) is 0 Å². The molecule has 1 spiro atoms. The summed E-state index contributed by atoms with van der Waals surface area (Å²) in [4.78, 5) is 0. The van der Waals surface area contributed by atoms with Gasteiger partial charge in [0, 0.05) is 12.3 Å². The maximum atomic E-state index is 12.2. The van der Waals surface area contributed by atoms with Crippen LogP contribution in [0.2, 0.25) is 0 Å². The highest BCUT2D eigenvalue weighted by Crippen LogP contribution is 2.71. The molecule has 0 radical (unpaired) electrons. The van der Waals surface area contributed by atoms with E-state index in [4.69, 9.17) is 47.4 Å². The second kappa shape index (κ2) is 20.1. The van der Waals surface area contributed by atoms with Crippen molar-refractivity contribution in [1.29, 1.82) is 0 Å². The monoisotopic (exact) mass is 1010 g/mol. The summed E-state index contributed by atoms with van der Waals surface area (Å²) in [6.45, 7) is 14.1. The minimum atomic E-state index is -1.85. The molecule has 4 aliphatic carbocycles. The molecule has 0 bridgehead atoms. The Labute approximate surface area is 415 Å². The minimum absolute atomic E-state index is 0.0569. The van der Waals surface area contributed by atoms with Gasteiger partial charge in [-0.15, -0.1) is 0 Å². The van der Waals surface area contributed by atoms with Gasteiger partial charge < -0.3 is 98.4 Å². The molecule has 0 aromatic heterocycles. The lowest BCUT2D eigenvalue weighted by Crippen LogP contribution is -2.67. The Morgan fingerprint density at radius 1 is 0.592 bits per heavy atom. The van der Waals surface area contributed by atoms with Gasteiger partial charge in [-0.3, -0.25) is 0 Å². The van der Waals surface area contributed by atoms with Crippen LogP contribution in [0.1, 0.15) is 106 Å². The molecule has 0 aromatic rings. The summed E-state index contributed by atoms with van der Waals surface area (Å²) in [6, 6.07) is 0. The molecule has 9 fully saturated rings. The van der Waals surface area contributed by atoms with Crippen molar-refractivity contribution in [3.05, 3.63) is 11.6 Å². The fourth-order valence-electron chi connectivity index (χ4n) is 15.4. The van der Waals surface area contributed by atoms with Crippen molar-refractivity contribution >= 4 is 0 Å². The summed E-state index contributed by atoms with van der Waals surface area (Å²) in [5.41, 5.74) is 1.44. The average molecular weight is 1020 g/mol. The van der Waals surface area contributed by atoms with Crippen LogP contribution >= 0.6 is 0 Å². The van der Waals surface area contributed by atoms with Crippen LogP contribution in [-0.2, 0) is 47.4 Å². The largest absolute Gasteiger partial charge is 0.394 e. The van der Waals surface area contributed by atoms with Crippen LogP contribution in [0.4, 0.5) is 0 Å². The molecule has 20 heteroatoms. The van der Waals surface area contributed by atoms with Crippen molar-refractivity contribution in [1.82, 2.24) is 0 Å². The van der Waals surface area contributed by atoms with Crippen LogP contribution in [0.5, 0.6) is 0 Å². The smallest absolute Gasteiger partial charge is 0.187 e. The summed E-state index contributed by atoms with van der Waals surface area (Å²) < 4.78 is 62.2. The fraction of sp³-hybridized carbons (Fsp3) is 0.961. The molecule has 2 unspecified atom stereocenters. The quantitative estimate of drug-likeness (QED) is 0.137. The molecule has 10 N–H and O–H groups in total. The number of aliphatic hydroxyl groups is 10. The van der Waals surface area contributed by atoms with E-state index in [9.17, 15) is 51.1 Å². The summed E-state index contributed by atoms with van der Waals surface area (Å²) in [5, 5.41) is 109. The lowest BCUT2D eigenvalue weighted by molar-refractivity contribution is -0.394. The highest BCUT2D eigenvalue weighted by molar-refractivity contribution is 5.26. The molecular formula is C51H82O20. The van der Waals surface area contributed by atoms with Gasteiger partial charge in [0.25, 0.3) is 0 Å². The molecule has 71 heavy (non-hydrogen) atoms. The van der Waals surface area contributed by atoms with Crippen molar-refractivity contribution in [2.45, 2.75) is 247 Å². The third-order valence-corrected chi connectivity index (χ3v) is 19.7. The van der Waals surface area contributed by atoms with E-state index in [2.05, 4.69) is 33.8 Å². The van der Waals surface area contributed by atoms with E-state index in [-0.39, 0.29) is 16.9 Å². The van der Waals surface area contributed by atoms with Gasteiger partial charge in [-0.25, -0.2) is 0 Å². The van der Waals surface area contributed by atoms with Crippen LogP contribution in [0.15, 0.2) is 11.6 Å². The van der Waals surface area contributed by atoms with Crippen LogP contribution in [-0.4, -0.2) is 205 Å². The van der Waals surface area contributed by atoms with Gasteiger partial charge in [-0.05, 0) is 113 Å². The number of ether oxygens (including phenoxy) is 10. The van der Waals surface area contributed by atoms with Crippen molar-refractivity contribution in [2.75, 3.05) is 13.2 Å². The standard InChI is InChI=1S/C51H82O20/c1-20-10-15-51(62-19-20)21(2)32-30(71-51)17-29-27-9-8-25-16-26(11-13-49(25,6)28(27)12-14-50(29,32)7)66-48-44(70-46-39(59)36(56)34(54)23(4)64-46)41(61)43(31(18-52)67-48)69-47-40(60)37(57)42(24(5)65-47)68-45-38(58)35(55)33(53)22(3)63-45/h8,20-24,26-48,52-61H,9-19H2,1-7H3/t20-,21+,22+,23+,24+,26+,27-,28+,29?,30+,31-,32+,33+,34?,35-,36-,37+,38+,39-,40-,41+,42+,43-,44-,45+,46+,47+,48-,49+,50+,51-/m1/s1. The zero-order chi connectivity index (χ0) is 50.8. The number of aliphatic hydroxyl groups excluding tert-OH is 10. The Balaban J connectivity index is 0.836. The maximum absolute atomic E-state index is 12.2. The highest BCUT2D eigenvalue weighted by atomic mass is 16.8. The zero-order valence-electron chi connectivity index (χ0n) is 42.1. The van der Waals surface area contributed by atoms with E-state index in [1.165, 1.54) is 26.3 Å². The van der Waals surface area contributed by atoms with Crippen molar-refractivity contribution < 1.29 is 98.4 Å². The van der Waals surface area contributed by atoms with Gasteiger partial charge in [0.15, 0.2) is 30.9 Å². The third kappa shape index (κ3) is 9.03. The topological polar surface area (TPSA) is 295 Å². The normalized spacial score (nSPS) is 58.4. The summed E-state index contributed by atoms with van der Waals surface area (Å²) in [5.74, 6) is 2.46. The van der Waals surface area contributed by atoms with Crippen molar-refractivity contribution in [3.8, 4) is 0 Å². The number of hydrogen-bond donors (Lipinski definition) is 10. The molecule has 6 aliphatic heterocycles.